The fourth-order valence-corrected chi connectivity index (χ4v) is 3.94. The lowest BCUT2D eigenvalue weighted by Crippen LogP contribution is -2.24. The molecule has 0 aliphatic heterocycles. The van der Waals surface area contributed by atoms with Crippen molar-refractivity contribution in [3.05, 3.63) is 58.1 Å². The molecule has 0 saturated heterocycles. The van der Waals surface area contributed by atoms with Gasteiger partial charge in [-0.05, 0) is 42.2 Å². The molecular formula is C21H25ClN2O5S. The maximum absolute atomic E-state index is 12.4. The molecule has 2 aromatic rings. The third-order valence-corrected chi connectivity index (χ3v) is 6.67. The molecule has 162 valence electrons. The van der Waals surface area contributed by atoms with Crippen molar-refractivity contribution in [3.8, 4) is 0 Å². The average Bonchev–Trinajstić information content (AvgIpc) is 2.72. The molecular weight excluding hydrogens is 428 g/mol. The fraction of sp³-hybridized carbons (Fsp3) is 0.333. The summed E-state index contributed by atoms with van der Waals surface area (Å²) in [6.45, 7) is 3.45. The van der Waals surface area contributed by atoms with Gasteiger partial charge in [0.1, 0.15) is 0 Å². The molecule has 0 bridgehead atoms. The van der Waals surface area contributed by atoms with E-state index >= 15 is 0 Å². The zero-order valence-electron chi connectivity index (χ0n) is 17.4. The lowest BCUT2D eigenvalue weighted by molar-refractivity contribution is -0.119. The van der Waals surface area contributed by atoms with Crippen LogP contribution in [0.1, 0.15) is 35.3 Å². The molecule has 1 N–H and O–H groups in total. The first-order valence-corrected chi connectivity index (χ1v) is 11.2. The van der Waals surface area contributed by atoms with Crippen LogP contribution in [-0.2, 0) is 32.4 Å². The monoisotopic (exact) mass is 452 g/mol. The number of anilines is 1. The molecule has 0 radical (unpaired) electrons. The Bertz CT molecular complexity index is 1030. The van der Waals surface area contributed by atoms with Crippen molar-refractivity contribution in [2.45, 2.75) is 31.6 Å². The second kappa shape index (κ2) is 10.1. The summed E-state index contributed by atoms with van der Waals surface area (Å²) in [5.41, 5.74) is 2.56. The molecule has 7 nitrogen and oxygen atoms in total. The van der Waals surface area contributed by atoms with Crippen LogP contribution in [0.3, 0.4) is 0 Å². The highest BCUT2D eigenvalue weighted by Gasteiger charge is 2.22. The van der Waals surface area contributed by atoms with Gasteiger partial charge in [-0.2, -0.15) is 0 Å². The molecule has 0 fully saturated rings. The Balaban J connectivity index is 2.14. The van der Waals surface area contributed by atoms with Gasteiger partial charge in [-0.15, -0.1) is 0 Å². The number of sulfonamides is 1. The third-order valence-electron chi connectivity index (χ3n) is 4.53. The minimum absolute atomic E-state index is 0.0303. The minimum atomic E-state index is -3.75. The summed E-state index contributed by atoms with van der Waals surface area (Å²) in [5.74, 6) is -1.38. The van der Waals surface area contributed by atoms with Crippen molar-refractivity contribution in [2.24, 2.45) is 0 Å². The van der Waals surface area contributed by atoms with Gasteiger partial charge in [0.15, 0.2) is 6.61 Å². The quantitative estimate of drug-likeness (QED) is 0.618. The number of nitrogens with zero attached hydrogens (tertiary/aromatic N) is 1. The van der Waals surface area contributed by atoms with Crippen LogP contribution in [0.2, 0.25) is 5.02 Å². The maximum Gasteiger partial charge on any atom is 0.340 e. The molecule has 0 saturated carbocycles. The van der Waals surface area contributed by atoms with E-state index in [-0.39, 0.29) is 15.5 Å². The summed E-state index contributed by atoms with van der Waals surface area (Å²) < 4.78 is 30.6. The molecule has 0 atom stereocenters. The zero-order valence-corrected chi connectivity index (χ0v) is 18.9. The topological polar surface area (TPSA) is 92.8 Å². The average molecular weight is 453 g/mol. The van der Waals surface area contributed by atoms with E-state index < -0.39 is 28.5 Å². The minimum Gasteiger partial charge on any atom is -0.452 e. The van der Waals surface area contributed by atoms with Crippen molar-refractivity contribution in [1.29, 1.82) is 0 Å². The van der Waals surface area contributed by atoms with Gasteiger partial charge in [0.2, 0.25) is 10.0 Å². The number of para-hydroxylation sites is 1. The number of esters is 1. The van der Waals surface area contributed by atoms with Crippen molar-refractivity contribution >= 4 is 39.2 Å². The Labute approximate surface area is 182 Å². The number of hydrogen-bond acceptors (Lipinski definition) is 5. The largest absolute Gasteiger partial charge is 0.452 e. The highest BCUT2D eigenvalue weighted by Crippen LogP contribution is 2.24. The molecule has 2 aromatic carbocycles. The SMILES string of the molecule is CCc1cccc(CC)c1NC(=O)COC(=O)c1cc(S(=O)(=O)N(C)C)ccc1Cl. The summed E-state index contributed by atoms with van der Waals surface area (Å²) in [5, 5.41) is 2.83. The standard InChI is InChI=1S/C21H25ClN2O5S/c1-5-14-8-7-9-15(6-2)20(14)23-19(25)13-29-21(26)17-12-16(10-11-18(17)22)30(27,28)24(3)4/h7-12H,5-6,13H2,1-4H3,(H,23,25). The van der Waals surface area contributed by atoms with Gasteiger partial charge in [0.05, 0.1) is 15.5 Å². The highest BCUT2D eigenvalue weighted by atomic mass is 35.5. The number of carbonyl (C=O) groups is 2. The number of hydrogen-bond donors (Lipinski definition) is 1. The lowest BCUT2D eigenvalue weighted by Gasteiger charge is -2.15. The van der Waals surface area contributed by atoms with E-state index in [9.17, 15) is 18.0 Å². The van der Waals surface area contributed by atoms with Crippen LogP contribution in [0.4, 0.5) is 5.69 Å². The molecule has 0 heterocycles. The van der Waals surface area contributed by atoms with Crippen molar-refractivity contribution < 1.29 is 22.7 Å². The van der Waals surface area contributed by atoms with Crippen LogP contribution < -0.4 is 5.32 Å². The first kappa shape index (κ1) is 23.9. The first-order chi connectivity index (χ1) is 14.1. The second-order valence-corrected chi connectivity index (χ2v) is 9.27. The summed E-state index contributed by atoms with van der Waals surface area (Å²) in [6, 6.07) is 9.53. The third kappa shape index (κ3) is 5.38. The number of halogens is 1. The number of nitrogens with one attached hydrogen (secondary N) is 1. The summed E-state index contributed by atoms with van der Waals surface area (Å²) >= 11 is 6.04. The summed E-state index contributed by atoms with van der Waals surface area (Å²) in [4.78, 5) is 24.7. The van der Waals surface area contributed by atoms with E-state index in [1.807, 2.05) is 32.0 Å². The Kier molecular flexibility index (Phi) is 8.00. The summed E-state index contributed by atoms with van der Waals surface area (Å²) in [6.07, 6.45) is 1.48. The van der Waals surface area contributed by atoms with Gasteiger partial charge in [-0.3, -0.25) is 4.79 Å². The zero-order chi connectivity index (χ0) is 22.5. The predicted octanol–water partition coefficient (Wildman–Crippen LogP) is 3.51. The molecule has 0 spiro atoms. The Morgan fingerprint density at radius 1 is 1.07 bits per heavy atom. The van der Waals surface area contributed by atoms with Crippen LogP contribution in [0.5, 0.6) is 0 Å². The van der Waals surface area contributed by atoms with Crippen molar-refractivity contribution in [3.63, 3.8) is 0 Å². The Morgan fingerprint density at radius 3 is 2.20 bits per heavy atom. The number of ether oxygens (including phenoxy) is 1. The highest BCUT2D eigenvalue weighted by molar-refractivity contribution is 7.89. The number of aryl methyl sites for hydroxylation is 2. The molecule has 0 aromatic heterocycles. The predicted molar refractivity (Wildman–Crippen MR) is 116 cm³/mol. The van der Waals surface area contributed by atoms with Crippen LogP contribution in [-0.4, -0.2) is 45.3 Å². The van der Waals surface area contributed by atoms with Crippen LogP contribution in [0, 0.1) is 0 Å². The van der Waals surface area contributed by atoms with Crippen molar-refractivity contribution in [2.75, 3.05) is 26.0 Å². The molecule has 0 unspecified atom stereocenters. The fourth-order valence-electron chi connectivity index (χ4n) is 2.82. The molecule has 30 heavy (non-hydrogen) atoms. The first-order valence-electron chi connectivity index (χ1n) is 9.41. The van der Waals surface area contributed by atoms with Crippen molar-refractivity contribution in [1.82, 2.24) is 4.31 Å². The van der Waals surface area contributed by atoms with Crippen LogP contribution in [0.25, 0.3) is 0 Å². The smallest absolute Gasteiger partial charge is 0.340 e. The van der Waals surface area contributed by atoms with Gasteiger partial charge in [-0.25, -0.2) is 17.5 Å². The van der Waals surface area contributed by atoms with Gasteiger partial charge in [0, 0.05) is 19.8 Å². The van der Waals surface area contributed by atoms with E-state index in [1.54, 1.807) is 0 Å². The Hall–Kier alpha value is -2.42. The van der Waals surface area contributed by atoms with Gasteiger partial charge in [0.25, 0.3) is 5.91 Å². The molecule has 9 heteroatoms. The van der Waals surface area contributed by atoms with E-state index in [4.69, 9.17) is 16.3 Å². The van der Waals surface area contributed by atoms with E-state index in [0.717, 1.165) is 40.0 Å². The normalized spacial score (nSPS) is 11.4. The molecule has 2 rings (SSSR count). The van der Waals surface area contributed by atoms with Gasteiger partial charge in [-0.1, -0.05) is 43.6 Å². The van der Waals surface area contributed by atoms with E-state index in [2.05, 4.69) is 5.32 Å². The van der Waals surface area contributed by atoms with E-state index in [1.165, 1.54) is 26.2 Å². The van der Waals surface area contributed by atoms with Gasteiger partial charge < -0.3 is 10.1 Å². The number of benzene rings is 2. The maximum atomic E-state index is 12.4. The van der Waals surface area contributed by atoms with Gasteiger partial charge >= 0.3 is 5.97 Å². The molecule has 0 aliphatic rings. The number of amides is 1. The molecule has 0 aliphatic carbocycles. The molecule has 1 amide bonds. The van der Waals surface area contributed by atoms with E-state index in [0.29, 0.717) is 0 Å². The summed E-state index contributed by atoms with van der Waals surface area (Å²) in [7, 11) is -0.990. The number of carbonyl (C=O) groups excluding carboxylic acids is 2. The van der Waals surface area contributed by atoms with Crippen LogP contribution in [0.15, 0.2) is 41.3 Å². The lowest BCUT2D eigenvalue weighted by atomic mass is 10.0. The number of rotatable bonds is 8. The van der Waals surface area contributed by atoms with Crippen LogP contribution >= 0.6 is 11.6 Å². The second-order valence-electron chi connectivity index (χ2n) is 6.71. The Morgan fingerprint density at radius 2 is 1.67 bits per heavy atom.